The molecule has 1 fully saturated rings. The zero-order chi connectivity index (χ0) is 14.0. The van der Waals surface area contributed by atoms with Crippen molar-refractivity contribution in [3.63, 3.8) is 0 Å². The van der Waals surface area contributed by atoms with Crippen molar-refractivity contribution in [2.24, 2.45) is 5.73 Å². The number of likely N-dealkylation sites (N-methyl/N-ethyl adjacent to an activating group) is 1. The highest BCUT2D eigenvalue weighted by Crippen LogP contribution is 2.35. The predicted molar refractivity (Wildman–Crippen MR) is 67.0 cm³/mol. The molecule has 1 aliphatic rings. The number of halogens is 3. The molecule has 1 atom stereocenters. The van der Waals surface area contributed by atoms with Gasteiger partial charge in [0.05, 0.1) is 18.2 Å². The first kappa shape index (κ1) is 14.1. The number of benzene rings is 1. The van der Waals surface area contributed by atoms with E-state index in [1.165, 1.54) is 12.1 Å². The van der Waals surface area contributed by atoms with Crippen molar-refractivity contribution in [3.05, 3.63) is 29.3 Å². The molecule has 1 aromatic carbocycles. The molecule has 1 aliphatic heterocycles. The molecule has 1 saturated heterocycles. The Morgan fingerprint density at radius 3 is 2.68 bits per heavy atom. The molecule has 0 spiro atoms. The lowest BCUT2D eigenvalue weighted by atomic mass is 10.0. The molecule has 1 aromatic rings. The molecule has 6 heteroatoms. The smallest absolute Gasteiger partial charge is 0.379 e. The van der Waals surface area contributed by atoms with Crippen molar-refractivity contribution < 1.29 is 17.9 Å². The van der Waals surface area contributed by atoms with E-state index in [4.69, 9.17) is 10.5 Å². The summed E-state index contributed by atoms with van der Waals surface area (Å²) in [4.78, 5) is 1.84. The Balaban J connectivity index is 2.31. The second kappa shape index (κ2) is 5.38. The van der Waals surface area contributed by atoms with Crippen molar-refractivity contribution in [3.8, 4) is 0 Å². The van der Waals surface area contributed by atoms with E-state index >= 15 is 0 Å². The SMILES string of the molecule is CN(c1ccc(CN)c(C(F)(F)F)c1)C1CCOC1. The Morgan fingerprint density at radius 2 is 2.16 bits per heavy atom. The van der Waals surface area contributed by atoms with Crippen LogP contribution in [0.5, 0.6) is 0 Å². The molecule has 1 unspecified atom stereocenters. The van der Waals surface area contributed by atoms with Gasteiger partial charge in [-0.1, -0.05) is 6.07 Å². The molecule has 0 amide bonds. The number of hydrogen-bond donors (Lipinski definition) is 1. The van der Waals surface area contributed by atoms with E-state index in [1.807, 2.05) is 4.90 Å². The molecule has 0 aromatic heterocycles. The summed E-state index contributed by atoms with van der Waals surface area (Å²) in [6, 6.07) is 4.42. The first-order valence-electron chi connectivity index (χ1n) is 6.14. The molecule has 0 bridgehead atoms. The van der Waals surface area contributed by atoms with Crippen molar-refractivity contribution >= 4 is 5.69 Å². The molecule has 1 heterocycles. The third kappa shape index (κ3) is 3.01. The summed E-state index contributed by atoms with van der Waals surface area (Å²) in [6.45, 7) is 1.09. The summed E-state index contributed by atoms with van der Waals surface area (Å²) in [7, 11) is 1.79. The fourth-order valence-electron chi connectivity index (χ4n) is 2.26. The molecule has 3 nitrogen and oxygen atoms in total. The first-order valence-corrected chi connectivity index (χ1v) is 6.14. The van der Waals surface area contributed by atoms with Gasteiger partial charge in [-0.25, -0.2) is 0 Å². The topological polar surface area (TPSA) is 38.5 Å². The highest BCUT2D eigenvalue weighted by atomic mass is 19.4. The lowest BCUT2D eigenvalue weighted by Crippen LogP contribution is -2.32. The monoisotopic (exact) mass is 274 g/mol. The average molecular weight is 274 g/mol. The lowest BCUT2D eigenvalue weighted by molar-refractivity contribution is -0.138. The second-order valence-electron chi connectivity index (χ2n) is 4.67. The van der Waals surface area contributed by atoms with Crippen LogP contribution in [0.3, 0.4) is 0 Å². The number of hydrogen-bond acceptors (Lipinski definition) is 3. The zero-order valence-corrected chi connectivity index (χ0v) is 10.7. The van der Waals surface area contributed by atoms with Crippen molar-refractivity contribution in [1.82, 2.24) is 0 Å². The van der Waals surface area contributed by atoms with Crippen LogP contribution in [0.15, 0.2) is 18.2 Å². The van der Waals surface area contributed by atoms with Gasteiger partial charge in [-0.05, 0) is 24.1 Å². The highest BCUT2D eigenvalue weighted by Gasteiger charge is 2.34. The van der Waals surface area contributed by atoms with E-state index in [0.717, 1.165) is 6.42 Å². The van der Waals surface area contributed by atoms with E-state index < -0.39 is 11.7 Å². The minimum absolute atomic E-state index is 0.118. The summed E-state index contributed by atoms with van der Waals surface area (Å²) in [5.74, 6) is 0. The van der Waals surface area contributed by atoms with Gasteiger partial charge in [-0.2, -0.15) is 13.2 Å². The normalized spacial score (nSPS) is 19.7. The van der Waals surface area contributed by atoms with Crippen LogP contribution in [0.25, 0.3) is 0 Å². The maximum absolute atomic E-state index is 13.0. The van der Waals surface area contributed by atoms with E-state index in [2.05, 4.69) is 0 Å². The standard InChI is InChI=1S/C13H17F3N2O/c1-18(11-4-5-19-8-11)10-3-2-9(7-17)12(6-10)13(14,15)16/h2-3,6,11H,4-5,7-8,17H2,1H3. The Morgan fingerprint density at radius 1 is 1.42 bits per heavy atom. The third-order valence-corrected chi connectivity index (χ3v) is 3.48. The Hall–Kier alpha value is -1.27. The van der Waals surface area contributed by atoms with Gasteiger partial charge in [0, 0.05) is 25.9 Å². The van der Waals surface area contributed by atoms with Crippen molar-refractivity contribution in [1.29, 1.82) is 0 Å². The molecule has 0 saturated carbocycles. The summed E-state index contributed by atoms with van der Waals surface area (Å²) in [6.07, 6.45) is -3.55. The van der Waals surface area contributed by atoms with Gasteiger partial charge < -0.3 is 15.4 Å². The van der Waals surface area contributed by atoms with Crippen LogP contribution in [0.1, 0.15) is 17.5 Å². The van der Waals surface area contributed by atoms with Gasteiger partial charge in [0.2, 0.25) is 0 Å². The van der Waals surface area contributed by atoms with Crippen molar-refractivity contribution in [2.75, 3.05) is 25.2 Å². The molecule has 0 radical (unpaired) electrons. The molecular weight excluding hydrogens is 257 g/mol. The van der Waals surface area contributed by atoms with Crippen LogP contribution >= 0.6 is 0 Å². The van der Waals surface area contributed by atoms with Gasteiger partial charge in [0.25, 0.3) is 0 Å². The summed E-state index contributed by atoms with van der Waals surface area (Å²) >= 11 is 0. The van der Waals surface area contributed by atoms with E-state index in [9.17, 15) is 13.2 Å². The van der Waals surface area contributed by atoms with E-state index in [1.54, 1.807) is 13.1 Å². The Labute approximate surface area is 110 Å². The van der Waals surface area contributed by atoms with Gasteiger partial charge in [-0.3, -0.25) is 0 Å². The second-order valence-corrected chi connectivity index (χ2v) is 4.67. The maximum atomic E-state index is 13.0. The summed E-state index contributed by atoms with van der Waals surface area (Å²) < 4.78 is 44.1. The van der Waals surface area contributed by atoms with Gasteiger partial charge in [0.15, 0.2) is 0 Å². The van der Waals surface area contributed by atoms with E-state index in [0.29, 0.717) is 18.9 Å². The number of nitrogens with two attached hydrogens (primary N) is 1. The quantitative estimate of drug-likeness (QED) is 0.919. The summed E-state index contributed by atoms with van der Waals surface area (Å²) in [5.41, 5.74) is 5.37. The average Bonchev–Trinajstić information content (AvgIpc) is 2.90. The van der Waals surface area contributed by atoms with Crippen LogP contribution in [-0.4, -0.2) is 26.3 Å². The number of rotatable bonds is 3. The fraction of sp³-hybridized carbons (Fsp3) is 0.538. The van der Waals surface area contributed by atoms with Gasteiger partial charge >= 0.3 is 6.18 Å². The first-order chi connectivity index (χ1) is 8.93. The largest absolute Gasteiger partial charge is 0.416 e. The van der Waals surface area contributed by atoms with Crippen LogP contribution in [-0.2, 0) is 17.5 Å². The van der Waals surface area contributed by atoms with Gasteiger partial charge in [0.1, 0.15) is 0 Å². The van der Waals surface area contributed by atoms with Gasteiger partial charge in [-0.15, -0.1) is 0 Å². The molecule has 0 aliphatic carbocycles. The molecular formula is C13H17F3N2O. The minimum atomic E-state index is -4.38. The highest BCUT2D eigenvalue weighted by molar-refractivity contribution is 5.52. The van der Waals surface area contributed by atoms with Crippen LogP contribution in [0.2, 0.25) is 0 Å². The minimum Gasteiger partial charge on any atom is -0.379 e. The number of ether oxygens (including phenoxy) is 1. The zero-order valence-electron chi connectivity index (χ0n) is 10.7. The number of alkyl halides is 3. The molecule has 19 heavy (non-hydrogen) atoms. The molecule has 2 N–H and O–H groups in total. The lowest BCUT2D eigenvalue weighted by Gasteiger charge is -2.26. The Kier molecular flexibility index (Phi) is 4.01. The third-order valence-electron chi connectivity index (χ3n) is 3.48. The number of anilines is 1. The van der Waals surface area contributed by atoms with Crippen LogP contribution in [0, 0.1) is 0 Å². The summed E-state index contributed by atoms with van der Waals surface area (Å²) in [5, 5.41) is 0. The number of nitrogens with zero attached hydrogens (tertiary/aromatic N) is 1. The van der Waals surface area contributed by atoms with E-state index in [-0.39, 0.29) is 18.2 Å². The fourth-order valence-corrected chi connectivity index (χ4v) is 2.26. The maximum Gasteiger partial charge on any atom is 0.416 e. The van der Waals surface area contributed by atoms with Crippen molar-refractivity contribution in [2.45, 2.75) is 25.2 Å². The van der Waals surface area contributed by atoms with Crippen LogP contribution in [0.4, 0.5) is 18.9 Å². The predicted octanol–water partition coefficient (Wildman–Crippen LogP) is 2.39. The molecule has 2 rings (SSSR count). The molecule has 106 valence electrons. The van der Waals surface area contributed by atoms with Crippen LogP contribution < -0.4 is 10.6 Å². The Bertz CT molecular complexity index is 442.